The van der Waals surface area contributed by atoms with Gasteiger partial charge in [0.05, 0.1) is 17.5 Å². The molecule has 0 bridgehead atoms. The van der Waals surface area contributed by atoms with Crippen molar-refractivity contribution in [3.8, 4) is 5.75 Å². The van der Waals surface area contributed by atoms with Gasteiger partial charge in [-0.15, -0.1) is 0 Å². The first-order valence-corrected chi connectivity index (χ1v) is 5.87. The Bertz CT molecular complexity index is 496. The molecule has 0 spiro atoms. The SMILES string of the molecule is CS(=O)(=O)Nc1ccc(O)cc1C(F)(F)F. The molecular weight excluding hydrogens is 247 g/mol. The number of sulfonamides is 1. The van der Waals surface area contributed by atoms with Crippen molar-refractivity contribution < 1.29 is 26.7 Å². The number of anilines is 1. The number of hydrogen-bond donors (Lipinski definition) is 2. The maximum Gasteiger partial charge on any atom is 0.418 e. The van der Waals surface area contributed by atoms with E-state index in [0.717, 1.165) is 18.4 Å². The number of nitrogens with one attached hydrogen (secondary N) is 1. The maximum atomic E-state index is 12.5. The van der Waals surface area contributed by atoms with Crippen molar-refractivity contribution in [2.75, 3.05) is 11.0 Å². The van der Waals surface area contributed by atoms with E-state index < -0.39 is 33.2 Å². The molecule has 1 rings (SSSR count). The first-order valence-electron chi connectivity index (χ1n) is 3.97. The van der Waals surface area contributed by atoms with E-state index in [-0.39, 0.29) is 0 Å². The standard InChI is InChI=1S/C8H8F3NO3S/c1-16(14,15)12-7-3-2-5(13)4-6(7)8(9,10)11/h2-4,12-13H,1H3. The molecule has 1 aromatic rings. The zero-order valence-corrected chi connectivity index (χ0v) is 8.85. The van der Waals surface area contributed by atoms with Crippen LogP contribution in [0.1, 0.15) is 5.56 Å². The number of alkyl halides is 3. The summed E-state index contributed by atoms with van der Waals surface area (Å²) >= 11 is 0. The van der Waals surface area contributed by atoms with E-state index in [4.69, 9.17) is 5.11 Å². The average molecular weight is 255 g/mol. The van der Waals surface area contributed by atoms with Gasteiger partial charge in [-0.2, -0.15) is 13.2 Å². The summed E-state index contributed by atoms with van der Waals surface area (Å²) in [5.41, 5.74) is -1.86. The van der Waals surface area contributed by atoms with Crippen molar-refractivity contribution in [2.45, 2.75) is 6.18 Å². The third-order valence-corrected chi connectivity index (χ3v) is 2.19. The van der Waals surface area contributed by atoms with Crippen LogP contribution in [0.15, 0.2) is 18.2 Å². The van der Waals surface area contributed by atoms with E-state index >= 15 is 0 Å². The monoisotopic (exact) mass is 255 g/mol. The Morgan fingerprint density at radius 1 is 1.31 bits per heavy atom. The predicted molar refractivity (Wildman–Crippen MR) is 51.6 cm³/mol. The molecule has 2 N–H and O–H groups in total. The fraction of sp³-hybridized carbons (Fsp3) is 0.250. The van der Waals surface area contributed by atoms with Gasteiger partial charge in [0.1, 0.15) is 5.75 Å². The normalized spacial score (nSPS) is 12.5. The van der Waals surface area contributed by atoms with Gasteiger partial charge in [0.15, 0.2) is 0 Å². The summed E-state index contributed by atoms with van der Waals surface area (Å²) in [7, 11) is -3.80. The van der Waals surface area contributed by atoms with Crippen LogP contribution in [0.4, 0.5) is 18.9 Å². The zero-order chi connectivity index (χ0) is 12.6. The molecule has 0 aromatic heterocycles. The van der Waals surface area contributed by atoms with Crippen LogP contribution in [-0.2, 0) is 16.2 Å². The van der Waals surface area contributed by atoms with Crippen LogP contribution in [0.5, 0.6) is 5.75 Å². The molecule has 0 amide bonds. The van der Waals surface area contributed by atoms with Crippen molar-refractivity contribution in [1.82, 2.24) is 0 Å². The Hall–Kier alpha value is -1.44. The summed E-state index contributed by atoms with van der Waals surface area (Å²) in [5, 5.41) is 8.92. The fourth-order valence-corrected chi connectivity index (χ4v) is 1.63. The molecule has 90 valence electrons. The van der Waals surface area contributed by atoms with Gasteiger partial charge in [-0.05, 0) is 18.2 Å². The molecule has 0 saturated heterocycles. The number of phenolic OH excluding ortho intramolecular Hbond substituents is 1. The van der Waals surface area contributed by atoms with Crippen LogP contribution in [0.3, 0.4) is 0 Å². The Labute approximate surface area is 89.8 Å². The Morgan fingerprint density at radius 2 is 1.88 bits per heavy atom. The molecule has 0 aliphatic heterocycles. The maximum absolute atomic E-state index is 12.5. The summed E-state index contributed by atoms with van der Waals surface area (Å²) < 4.78 is 60.7. The van der Waals surface area contributed by atoms with Gasteiger partial charge in [0.25, 0.3) is 0 Å². The summed E-state index contributed by atoms with van der Waals surface area (Å²) in [4.78, 5) is 0. The highest BCUT2D eigenvalue weighted by Crippen LogP contribution is 2.37. The molecular formula is C8H8F3NO3S. The molecule has 4 nitrogen and oxygen atoms in total. The molecule has 16 heavy (non-hydrogen) atoms. The van der Waals surface area contributed by atoms with Crippen molar-refractivity contribution in [2.24, 2.45) is 0 Å². The Kier molecular flexibility index (Phi) is 3.04. The zero-order valence-electron chi connectivity index (χ0n) is 8.04. The van der Waals surface area contributed by atoms with Gasteiger partial charge in [-0.25, -0.2) is 8.42 Å². The van der Waals surface area contributed by atoms with E-state index in [1.165, 1.54) is 0 Å². The van der Waals surface area contributed by atoms with E-state index in [9.17, 15) is 21.6 Å². The number of aromatic hydroxyl groups is 1. The quantitative estimate of drug-likeness (QED) is 0.792. The minimum Gasteiger partial charge on any atom is -0.508 e. The van der Waals surface area contributed by atoms with Crippen LogP contribution < -0.4 is 4.72 Å². The molecule has 0 radical (unpaired) electrons. The minimum absolute atomic E-state index is 0.452. The van der Waals surface area contributed by atoms with Gasteiger partial charge >= 0.3 is 6.18 Å². The van der Waals surface area contributed by atoms with Crippen molar-refractivity contribution in [3.63, 3.8) is 0 Å². The molecule has 0 atom stereocenters. The highest BCUT2D eigenvalue weighted by atomic mass is 32.2. The number of benzene rings is 1. The lowest BCUT2D eigenvalue weighted by Gasteiger charge is -2.13. The lowest BCUT2D eigenvalue weighted by Crippen LogP contribution is -2.15. The lowest BCUT2D eigenvalue weighted by molar-refractivity contribution is -0.137. The van der Waals surface area contributed by atoms with Crippen LogP contribution in [0.25, 0.3) is 0 Å². The molecule has 1 aromatic carbocycles. The Morgan fingerprint density at radius 3 is 2.31 bits per heavy atom. The van der Waals surface area contributed by atoms with Gasteiger partial charge in [-0.1, -0.05) is 0 Å². The third kappa shape index (κ3) is 3.30. The third-order valence-electron chi connectivity index (χ3n) is 1.60. The van der Waals surface area contributed by atoms with E-state index in [1.54, 1.807) is 4.72 Å². The summed E-state index contributed by atoms with van der Waals surface area (Å²) in [6.45, 7) is 0. The van der Waals surface area contributed by atoms with Crippen LogP contribution in [-0.4, -0.2) is 19.8 Å². The molecule has 8 heteroatoms. The molecule has 0 heterocycles. The van der Waals surface area contributed by atoms with Crippen molar-refractivity contribution >= 4 is 15.7 Å². The van der Waals surface area contributed by atoms with Crippen LogP contribution in [0, 0.1) is 0 Å². The summed E-state index contributed by atoms with van der Waals surface area (Å²) in [5.74, 6) is -0.591. The number of halogens is 3. The minimum atomic E-state index is -4.74. The van der Waals surface area contributed by atoms with Crippen LogP contribution >= 0.6 is 0 Å². The van der Waals surface area contributed by atoms with Crippen molar-refractivity contribution in [1.29, 1.82) is 0 Å². The highest BCUT2D eigenvalue weighted by molar-refractivity contribution is 7.92. The number of phenols is 1. The molecule has 0 fully saturated rings. The molecule has 0 aliphatic carbocycles. The highest BCUT2D eigenvalue weighted by Gasteiger charge is 2.34. The fourth-order valence-electron chi connectivity index (χ4n) is 1.06. The number of rotatable bonds is 2. The summed E-state index contributed by atoms with van der Waals surface area (Å²) in [6.07, 6.45) is -4.01. The second-order valence-electron chi connectivity index (χ2n) is 3.10. The first-order chi connectivity index (χ1) is 7.09. The van der Waals surface area contributed by atoms with Gasteiger partial charge < -0.3 is 5.11 Å². The summed E-state index contributed by atoms with van der Waals surface area (Å²) in [6, 6.07) is 2.26. The van der Waals surface area contributed by atoms with Gasteiger partial charge in [0, 0.05) is 0 Å². The second kappa shape index (κ2) is 3.85. The van der Waals surface area contributed by atoms with Gasteiger partial charge in [-0.3, -0.25) is 4.72 Å². The second-order valence-corrected chi connectivity index (χ2v) is 4.85. The van der Waals surface area contributed by atoms with E-state index in [1.807, 2.05) is 0 Å². The number of hydrogen-bond acceptors (Lipinski definition) is 3. The average Bonchev–Trinajstić information content (AvgIpc) is 2.04. The molecule has 0 aliphatic rings. The molecule has 0 saturated carbocycles. The first kappa shape index (κ1) is 12.6. The Balaban J connectivity index is 3.29. The van der Waals surface area contributed by atoms with E-state index in [0.29, 0.717) is 6.07 Å². The smallest absolute Gasteiger partial charge is 0.418 e. The largest absolute Gasteiger partial charge is 0.508 e. The lowest BCUT2D eigenvalue weighted by atomic mass is 10.1. The van der Waals surface area contributed by atoms with Gasteiger partial charge in [0.2, 0.25) is 10.0 Å². The van der Waals surface area contributed by atoms with Crippen molar-refractivity contribution in [3.05, 3.63) is 23.8 Å². The predicted octanol–water partition coefficient (Wildman–Crippen LogP) is 1.78. The molecule has 0 unspecified atom stereocenters. The topological polar surface area (TPSA) is 66.4 Å². The van der Waals surface area contributed by atoms with E-state index in [2.05, 4.69) is 0 Å². The van der Waals surface area contributed by atoms with Crippen LogP contribution in [0.2, 0.25) is 0 Å².